The summed E-state index contributed by atoms with van der Waals surface area (Å²) >= 11 is 0. The van der Waals surface area contributed by atoms with E-state index in [4.69, 9.17) is 19.5 Å². The Kier molecular flexibility index (Phi) is 80.2. The predicted molar refractivity (Wildman–Crippen MR) is 77.5 cm³/mol. The first-order valence-electron chi connectivity index (χ1n) is 5.23. The van der Waals surface area contributed by atoms with Crippen molar-refractivity contribution in [1.82, 2.24) is 0 Å². The van der Waals surface area contributed by atoms with E-state index in [0.717, 1.165) is 0 Å². The summed E-state index contributed by atoms with van der Waals surface area (Å²) in [6.45, 7) is 21.2. The maximum Gasteiger partial charge on any atom is 0 e. The van der Waals surface area contributed by atoms with Gasteiger partial charge in [0.15, 0.2) is 11.6 Å². The smallest absolute Gasteiger partial charge is 0 e. The van der Waals surface area contributed by atoms with Crippen LogP contribution in [0.2, 0.25) is 0 Å². The van der Waals surface area contributed by atoms with Crippen LogP contribution in [0.3, 0.4) is 0 Å². The summed E-state index contributed by atoms with van der Waals surface area (Å²) in [6, 6.07) is 0. The first-order chi connectivity index (χ1) is 9.67. The van der Waals surface area contributed by atoms with Gasteiger partial charge in [-0.05, 0) is 34.6 Å². The molecule has 0 unspecified atom stereocenters. The van der Waals surface area contributed by atoms with Crippen molar-refractivity contribution in [3.05, 3.63) is 56.5 Å². The Hall–Kier alpha value is -1.11. The van der Waals surface area contributed by atoms with Gasteiger partial charge in [-0.3, -0.25) is 9.59 Å². The Morgan fingerprint density at radius 1 is 0.826 bits per heavy atom. The number of carbonyl (C=O) groups is 2. The molecular formula is C15H21O6Rh2. The van der Waals surface area contributed by atoms with E-state index in [9.17, 15) is 9.59 Å². The van der Waals surface area contributed by atoms with Crippen molar-refractivity contribution >= 4 is 11.6 Å². The molecule has 8 heteroatoms. The SMILES string of the molecule is CC(=O)/C=C(/C)O.CC(=O)/C=C(/C)O.[C-]#[O+].[C-]#[O+].[CH2]C=C.[Rh].[Rh]. The third kappa shape index (κ3) is 157. The molecule has 0 bridgehead atoms. The van der Waals surface area contributed by atoms with Gasteiger partial charge < -0.3 is 10.2 Å². The molecule has 6 nitrogen and oxygen atoms in total. The van der Waals surface area contributed by atoms with Crippen LogP contribution in [0.25, 0.3) is 0 Å². The number of aliphatic hydroxyl groups excluding tert-OH is 2. The van der Waals surface area contributed by atoms with Gasteiger partial charge in [-0.25, -0.2) is 0 Å². The van der Waals surface area contributed by atoms with Crippen LogP contribution in [0.4, 0.5) is 0 Å². The van der Waals surface area contributed by atoms with E-state index in [-0.39, 0.29) is 62.0 Å². The Morgan fingerprint density at radius 2 is 0.957 bits per heavy atom. The number of rotatable bonds is 2. The molecule has 3 radical (unpaired) electrons. The third-order valence-corrected chi connectivity index (χ3v) is 0.824. The quantitative estimate of drug-likeness (QED) is 0.198. The summed E-state index contributed by atoms with van der Waals surface area (Å²) in [6.07, 6.45) is 3.83. The number of ketones is 2. The van der Waals surface area contributed by atoms with Gasteiger partial charge in [0.25, 0.3) is 0 Å². The molecule has 0 aromatic heterocycles. The predicted octanol–water partition coefficient (Wildman–Crippen LogP) is 3.00. The standard InChI is InChI=1S/2C5H8O2.C3H5.2CO.2Rh/c2*1-4(6)3-5(2)7;1-3-2;2*1-2;;/h2*3,6H,1-2H3;3H,1-2H2;;;;/b2*4-3-;;;;;. The maximum atomic E-state index is 10.0. The van der Waals surface area contributed by atoms with E-state index < -0.39 is 0 Å². The van der Waals surface area contributed by atoms with E-state index in [1.54, 1.807) is 0 Å². The molecule has 0 aromatic rings. The van der Waals surface area contributed by atoms with Crippen molar-refractivity contribution < 1.29 is 68.1 Å². The molecule has 2 N–H and O–H groups in total. The molecule has 0 aliphatic rings. The van der Waals surface area contributed by atoms with Crippen molar-refractivity contribution in [2.45, 2.75) is 27.7 Å². The summed E-state index contributed by atoms with van der Waals surface area (Å²) in [5.41, 5.74) is 0. The van der Waals surface area contributed by atoms with Gasteiger partial charge in [0.05, 0.1) is 11.5 Å². The van der Waals surface area contributed by atoms with E-state index in [1.807, 2.05) is 0 Å². The fraction of sp³-hybridized carbons (Fsp3) is 0.267. The van der Waals surface area contributed by atoms with Crippen LogP contribution < -0.4 is 0 Å². The number of hydrogen-bond donors (Lipinski definition) is 2. The normalized spacial score (nSPS) is 7.70. The molecule has 0 spiro atoms. The molecule has 0 rings (SSSR count). The zero-order chi connectivity index (χ0) is 18.4. The molecule has 0 heterocycles. The Labute approximate surface area is 163 Å². The minimum absolute atomic E-state index is 0. The average Bonchev–Trinajstić information content (AvgIpc) is 2.32. The van der Waals surface area contributed by atoms with Gasteiger partial charge in [0, 0.05) is 51.1 Å². The van der Waals surface area contributed by atoms with Crippen LogP contribution in [0.1, 0.15) is 27.7 Å². The molecule has 0 aromatic carbocycles. The Balaban J connectivity index is -0.0000000302. The minimum Gasteiger partial charge on any atom is -0.103 e. The van der Waals surface area contributed by atoms with Crippen molar-refractivity contribution in [3.8, 4) is 0 Å². The second-order valence-electron chi connectivity index (χ2n) is 3.08. The van der Waals surface area contributed by atoms with Gasteiger partial charge in [-0.1, -0.05) is 6.08 Å². The van der Waals surface area contributed by atoms with Crippen LogP contribution in [-0.2, 0) is 57.8 Å². The summed E-state index contributed by atoms with van der Waals surface area (Å²) in [4.78, 5) is 20.0. The van der Waals surface area contributed by atoms with Gasteiger partial charge in [0.2, 0.25) is 0 Å². The van der Waals surface area contributed by atoms with Gasteiger partial charge in [0.1, 0.15) is 0 Å². The number of allylic oxidation sites excluding steroid dienone is 5. The van der Waals surface area contributed by atoms with Crippen molar-refractivity contribution in [1.29, 1.82) is 0 Å². The van der Waals surface area contributed by atoms with Crippen molar-refractivity contribution in [2.24, 2.45) is 0 Å². The van der Waals surface area contributed by atoms with Crippen LogP contribution in [-0.4, -0.2) is 21.8 Å². The zero-order valence-corrected chi connectivity index (χ0v) is 16.6. The molecule has 0 fully saturated rings. The first-order valence-corrected chi connectivity index (χ1v) is 5.23. The van der Waals surface area contributed by atoms with Crippen molar-refractivity contribution in [2.75, 3.05) is 0 Å². The number of hydrogen-bond acceptors (Lipinski definition) is 4. The van der Waals surface area contributed by atoms with E-state index in [2.05, 4.69) is 26.8 Å². The summed E-state index contributed by atoms with van der Waals surface area (Å²) in [5, 5.41) is 16.7. The molecule has 0 amide bonds. The van der Waals surface area contributed by atoms with Crippen LogP contribution in [0, 0.1) is 20.2 Å². The van der Waals surface area contributed by atoms with E-state index >= 15 is 0 Å². The van der Waals surface area contributed by atoms with Gasteiger partial charge >= 0.3 is 22.6 Å². The molecule has 0 atom stereocenters. The summed E-state index contributed by atoms with van der Waals surface area (Å²) < 4.78 is 15.0. The number of carbonyl (C=O) groups excluding carboxylic acids is 2. The second kappa shape index (κ2) is 42.8. The third-order valence-electron chi connectivity index (χ3n) is 0.824. The molecule has 0 aliphatic carbocycles. The monoisotopic (exact) mass is 503 g/mol. The van der Waals surface area contributed by atoms with Gasteiger partial charge in [-0.2, -0.15) is 0 Å². The maximum absolute atomic E-state index is 10.0. The van der Waals surface area contributed by atoms with Crippen LogP contribution >= 0.6 is 0 Å². The molecule has 135 valence electrons. The average molecular weight is 503 g/mol. The first kappa shape index (κ1) is 43.1. The zero-order valence-electron chi connectivity index (χ0n) is 13.3. The van der Waals surface area contributed by atoms with Crippen molar-refractivity contribution in [3.63, 3.8) is 0 Å². The fourth-order valence-corrected chi connectivity index (χ4v) is 0.588. The molecule has 0 saturated carbocycles. The Morgan fingerprint density at radius 3 is 0.957 bits per heavy atom. The molecule has 0 saturated heterocycles. The largest absolute Gasteiger partial charge is 0.103 e. The summed E-state index contributed by atoms with van der Waals surface area (Å²) in [5.74, 6) is -0.125. The minimum atomic E-state index is -0.125. The molecule has 23 heavy (non-hydrogen) atoms. The number of aliphatic hydroxyl groups is 2. The summed E-state index contributed by atoms with van der Waals surface area (Å²) in [7, 11) is 0. The van der Waals surface area contributed by atoms with Crippen LogP contribution in [0.15, 0.2) is 36.3 Å². The second-order valence-corrected chi connectivity index (χ2v) is 3.08. The van der Waals surface area contributed by atoms with Gasteiger partial charge in [-0.15, -0.1) is 6.58 Å². The van der Waals surface area contributed by atoms with Crippen LogP contribution in [0.5, 0.6) is 0 Å². The van der Waals surface area contributed by atoms with E-state index in [1.165, 1.54) is 45.9 Å². The molecule has 0 aliphatic heterocycles. The Bertz CT molecular complexity index is 340. The molecular weight excluding hydrogens is 482 g/mol. The van der Waals surface area contributed by atoms with E-state index in [0.29, 0.717) is 0 Å². The topological polar surface area (TPSA) is 114 Å². The fourth-order valence-electron chi connectivity index (χ4n) is 0.588.